The Labute approximate surface area is 116 Å². The van der Waals surface area contributed by atoms with E-state index >= 15 is 0 Å². The maximum Gasteiger partial charge on any atom is 0.129 e. The van der Waals surface area contributed by atoms with E-state index in [9.17, 15) is 4.39 Å². The van der Waals surface area contributed by atoms with E-state index in [1.807, 2.05) is 12.1 Å². The Balaban J connectivity index is 2.20. The molecule has 2 nitrogen and oxygen atoms in total. The van der Waals surface area contributed by atoms with E-state index in [1.165, 1.54) is 31.7 Å². The van der Waals surface area contributed by atoms with Crippen LogP contribution in [0.2, 0.25) is 0 Å². The van der Waals surface area contributed by atoms with Crippen LogP contribution in [0.5, 0.6) is 0 Å². The van der Waals surface area contributed by atoms with E-state index in [2.05, 4.69) is 20.8 Å². The summed E-state index contributed by atoms with van der Waals surface area (Å²) in [5.74, 6) is -0.163. The van der Waals surface area contributed by atoms with E-state index in [-0.39, 0.29) is 11.9 Å². The Morgan fingerprint density at radius 2 is 1.89 bits per heavy atom. The first-order valence-corrected chi connectivity index (χ1v) is 7.40. The molecular weight excluding hydrogens is 295 g/mol. The van der Waals surface area contributed by atoms with Crippen molar-refractivity contribution < 1.29 is 4.39 Å². The van der Waals surface area contributed by atoms with Gasteiger partial charge in [0, 0.05) is 22.6 Å². The van der Waals surface area contributed by atoms with Crippen LogP contribution >= 0.6 is 15.9 Å². The van der Waals surface area contributed by atoms with Crippen molar-refractivity contribution >= 4 is 15.9 Å². The van der Waals surface area contributed by atoms with E-state index < -0.39 is 0 Å². The lowest BCUT2D eigenvalue weighted by Crippen LogP contribution is -2.35. The highest BCUT2D eigenvalue weighted by Gasteiger charge is 2.22. The SMILES string of the molecule is NCC(c1ccc(Br)cc1F)N1CCCCCC1. The number of hydrogen-bond donors (Lipinski definition) is 1. The van der Waals surface area contributed by atoms with Crippen LogP contribution in [0.25, 0.3) is 0 Å². The molecule has 0 amide bonds. The minimum Gasteiger partial charge on any atom is -0.329 e. The highest BCUT2D eigenvalue weighted by molar-refractivity contribution is 9.10. The molecule has 1 aromatic carbocycles. The summed E-state index contributed by atoms with van der Waals surface area (Å²) in [7, 11) is 0. The molecule has 2 N–H and O–H groups in total. The molecule has 0 aliphatic carbocycles. The van der Waals surface area contributed by atoms with Crippen molar-refractivity contribution in [3.05, 3.63) is 34.1 Å². The van der Waals surface area contributed by atoms with Crippen LogP contribution in [-0.4, -0.2) is 24.5 Å². The topological polar surface area (TPSA) is 29.3 Å². The third kappa shape index (κ3) is 3.31. The summed E-state index contributed by atoms with van der Waals surface area (Å²) in [6.07, 6.45) is 4.93. The van der Waals surface area contributed by atoms with Crippen molar-refractivity contribution in [1.29, 1.82) is 0 Å². The minimum absolute atomic E-state index is 0.0104. The van der Waals surface area contributed by atoms with Crippen LogP contribution in [0.1, 0.15) is 37.3 Å². The molecule has 1 unspecified atom stereocenters. The summed E-state index contributed by atoms with van der Waals surface area (Å²) < 4.78 is 14.8. The molecule has 0 radical (unpaired) electrons. The van der Waals surface area contributed by atoms with E-state index in [1.54, 1.807) is 0 Å². The van der Waals surface area contributed by atoms with Gasteiger partial charge >= 0.3 is 0 Å². The summed E-state index contributed by atoms with van der Waals surface area (Å²) in [5.41, 5.74) is 6.60. The summed E-state index contributed by atoms with van der Waals surface area (Å²) in [5, 5.41) is 0. The number of rotatable bonds is 3. The fraction of sp³-hybridized carbons (Fsp3) is 0.571. The summed E-state index contributed by atoms with van der Waals surface area (Å²) in [4.78, 5) is 2.33. The lowest BCUT2D eigenvalue weighted by molar-refractivity contribution is 0.205. The molecule has 1 saturated heterocycles. The van der Waals surface area contributed by atoms with Gasteiger partial charge in [0.1, 0.15) is 5.82 Å². The molecule has 0 bridgehead atoms. The Morgan fingerprint density at radius 1 is 1.22 bits per heavy atom. The fourth-order valence-electron chi connectivity index (χ4n) is 2.65. The number of nitrogens with zero attached hydrogens (tertiary/aromatic N) is 1. The Bertz CT molecular complexity index is 389. The second-order valence-electron chi connectivity index (χ2n) is 4.87. The maximum atomic E-state index is 14.0. The zero-order valence-corrected chi connectivity index (χ0v) is 12.1. The van der Waals surface area contributed by atoms with Crippen molar-refractivity contribution in [1.82, 2.24) is 4.90 Å². The number of nitrogens with two attached hydrogens (primary N) is 1. The number of halogens is 2. The van der Waals surface area contributed by atoms with Gasteiger partial charge in [-0.2, -0.15) is 0 Å². The van der Waals surface area contributed by atoms with Crippen LogP contribution in [0.4, 0.5) is 4.39 Å². The quantitative estimate of drug-likeness (QED) is 0.925. The summed E-state index contributed by atoms with van der Waals surface area (Å²) in [6, 6.07) is 5.27. The van der Waals surface area contributed by atoms with Crippen LogP contribution in [-0.2, 0) is 0 Å². The van der Waals surface area contributed by atoms with Crippen LogP contribution < -0.4 is 5.73 Å². The van der Waals surface area contributed by atoms with Crippen molar-refractivity contribution in [3.63, 3.8) is 0 Å². The highest BCUT2D eigenvalue weighted by atomic mass is 79.9. The molecule has 1 aliphatic rings. The first-order chi connectivity index (χ1) is 8.72. The van der Waals surface area contributed by atoms with Gasteiger partial charge in [-0.3, -0.25) is 4.90 Å². The standard InChI is InChI=1S/C14H20BrFN2/c15-11-5-6-12(13(16)9-11)14(10-17)18-7-3-1-2-4-8-18/h5-6,9,14H,1-4,7-8,10,17H2. The van der Waals surface area contributed by atoms with Crippen molar-refractivity contribution in [2.24, 2.45) is 5.73 Å². The average molecular weight is 315 g/mol. The Hall–Kier alpha value is -0.450. The second kappa shape index (κ2) is 6.64. The van der Waals surface area contributed by atoms with Gasteiger partial charge in [0.05, 0.1) is 0 Å². The number of hydrogen-bond acceptors (Lipinski definition) is 2. The normalized spacial score (nSPS) is 19.5. The molecule has 1 aliphatic heterocycles. The molecule has 1 heterocycles. The van der Waals surface area contributed by atoms with Crippen molar-refractivity contribution in [2.75, 3.05) is 19.6 Å². The molecule has 1 fully saturated rings. The number of benzene rings is 1. The molecule has 2 rings (SSSR count). The predicted octanol–water partition coefficient (Wildman–Crippen LogP) is 3.46. The fourth-order valence-corrected chi connectivity index (χ4v) is 2.98. The molecule has 1 aromatic rings. The van der Waals surface area contributed by atoms with Crippen molar-refractivity contribution in [3.8, 4) is 0 Å². The highest BCUT2D eigenvalue weighted by Crippen LogP contribution is 2.27. The molecule has 4 heteroatoms. The molecular formula is C14H20BrFN2. The van der Waals surface area contributed by atoms with Gasteiger partial charge in [0.2, 0.25) is 0 Å². The summed E-state index contributed by atoms with van der Waals surface area (Å²) >= 11 is 3.29. The lowest BCUT2D eigenvalue weighted by Gasteiger charge is -2.30. The molecule has 0 saturated carbocycles. The lowest BCUT2D eigenvalue weighted by atomic mass is 10.0. The molecule has 100 valence electrons. The molecule has 18 heavy (non-hydrogen) atoms. The van der Waals surface area contributed by atoms with Gasteiger partial charge in [0.15, 0.2) is 0 Å². The Morgan fingerprint density at radius 3 is 2.44 bits per heavy atom. The second-order valence-corrected chi connectivity index (χ2v) is 5.78. The third-order valence-electron chi connectivity index (χ3n) is 3.63. The minimum atomic E-state index is -0.163. The smallest absolute Gasteiger partial charge is 0.129 e. The van der Waals surface area contributed by atoms with Gasteiger partial charge in [-0.25, -0.2) is 4.39 Å². The van der Waals surface area contributed by atoms with Gasteiger partial charge in [-0.05, 0) is 38.1 Å². The van der Waals surface area contributed by atoms with E-state index in [4.69, 9.17) is 5.73 Å². The first kappa shape index (κ1) is 14.0. The number of likely N-dealkylation sites (tertiary alicyclic amines) is 1. The van der Waals surface area contributed by atoms with E-state index in [0.29, 0.717) is 6.54 Å². The van der Waals surface area contributed by atoms with Gasteiger partial charge in [0.25, 0.3) is 0 Å². The molecule has 0 aromatic heterocycles. The molecule has 1 atom stereocenters. The van der Waals surface area contributed by atoms with Gasteiger partial charge in [-0.1, -0.05) is 34.8 Å². The Kier molecular flexibility index (Phi) is 5.15. The maximum absolute atomic E-state index is 14.0. The van der Waals surface area contributed by atoms with Crippen LogP contribution in [0.3, 0.4) is 0 Å². The largest absolute Gasteiger partial charge is 0.329 e. The molecule has 0 spiro atoms. The van der Waals surface area contributed by atoms with Gasteiger partial charge < -0.3 is 5.73 Å². The monoisotopic (exact) mass is 314 g/mol. The van der Waals surface area contributed by atoms with Crippen molar-refractivity contribution in [2.45, 2.75) is 31.7 Å². The summed E-state index contributed by atoms with van der Waals surface area (Å²) in [6.45, 7) is 2.52. The van der Waals surface area contributed by atoms with Crippen LogP contribution in [0.15, 0.2) is 22.7 Å². The average Bonchev–Trinajstić information content (AvgIpc) is 2.62. The van der Waals surface area contributed by atoms with Gasteiger partial charge in [-0.15, -0.1) is 0 Å². The zero-order valence-electron chi connectivity index (χ0n) is 10.5. The first-order valence-electron chi connectivity index (χ1n) is 6.61. The van der Waals surface area contributed by atoms with Crippen LogP contribution in [0, 0.1) is 5.82 Å². The third-order valence-corrected chi connectivity index (χ3v) is 4.12. The zero-order chi connectivity index (χ0) is 13.0. The van der Waals surface area contributed by atoms with E-state index in [0.717, 1.165) is 23.1 Å². The predicted molar refractivity (Wildman–Crippen MR) is 75.9 cm³/mol.